The van der Waals surface area contributed by atoms with Crippen LogP contribution in [-0.4, -0.2) is 12.4 Å². The Morgan fingerprint density at radius 1 is 1.05 bits per heavy atom. The summed E-state index contributed by atoms with van der Waals surface area (Å²) >= 11 is 1.82. The molecule has 3 heteroatoms. The van der Waals surface area contributed by atoms with Crippen LogP contribution in [0, 0.1) is 13.8 Å². The maximum absolute atomic E-state index is 5.77. The molecule has 2 aromatic carbocycles. The van der Waals surface area contributed by atoms with Crippen molar-refractivity contribution in [3.8, 4) is 5.75 Å². The Labute approximate surface area is 125 Å². The summed E-state index contributed by atoms with van der Waals surface area (Å²) in [7, 11) is 0. The zero-order valence-corrected chi connectivity index (χ0v) is 12.9. The number of hydrogen-bond donors (Lipinski definition) is 1. The molecule has 0 saturated carbocycles. The van der Waals surface area contributed by atoms with Crippen LogP contribution in [0.4, 0.5) is 5.69 Å². The molecule has 0 bridgehead atoms. The van der Waals surface area contributed by atoms with Crippen LogP contribution < -0.4 is 10.5 Å². The summed E-state index contributed by atoms with van der Waals surface area (Å²) in [5, 5.41) is 0. The molecule has 0 spiro atoms. The fourth-order valence-corrected chi connectivity index (χ4v) is 2.74. The molecule has 106 valence electrons. The van der Waals surface area contributed by atoms with Gasteiger partial charge in [0, 0.05) is 16.3 Å². The van der Waals surface area contributed by atoms with Crippen LogP contribution in [0.5, 0.6) is 5.75 Å². The maximum atomic E-state index is 5.77. The second-order valence-electron chi connectivity index (χ2n) is 4.87. The van der Waals surface area contributed by atoms with Crippen LogP contribution >= 0.6 is 11.8 Å². The number of nitrogens with two attached hydrogens (primary N) is 1. The Morgan fingerprint density at radius 2 is 1.90 bits per heavy atom. The van der Waals surface area contributed by atoms with Crippen LogP contribution in [0.2, 0.25) is 0 Å². The summed E-state index contributed by atoms with van der Waals surface area (Å²) < 4.78 is 5.77. The predicted octanol–water partition coefficient (Wildman–Crippen LogP) is 4.45. The molecule has 0 saturated heterocycles. The minimum Gasteiger partial charge on any atom is -0.494 e. The summed E-state index contributed by atoms with van der Waals surface area (Å²) in [6.45, 7) is 4.97. The van der Waals surface area contributed by atoms with Crippen molar-refractivity contribution in [3.05, 3.63) is 53.6 Å². The molecule has 0 heterocycles. The van der Waals surface area contributed by atoms with E-state index in [-0.39, 0.29) is 0 Å². The minimum atomic E-state index is 0.748. The molecule has 2 nitrogen and oxygen atoms in total. The SMILES string of the molecule is Cc1ccc(OCCCSc2cccc(N)c2)cc1C. The Bertz CT molecular complexity index is 569. The number of thioether (sulfide) groups is 1. The molecule has 2 rings (SSSR count). The van der Waals surface area contributed by atoms with Crippen LogP contribution in [0.3, 0.4) is 0 Å². The van der Waals surface area contributed by atoms with Crippen LogP contribution in [-0.2, 0) is 0 Å². The van der Waals surface area contributed by atoms with E-state index < -0.39 is 0 Å². The first kappa shape index (κ1) is 14.8. The number of benzene rings is 2. The first-order chi connectivity index (χ1) is 9.65. The Hall–Kier alpha value is -1.61. The highest BCUT2D eigenvalue weighted by Gasteiger charge is 1.98. The van der Waals surface area contributed by atoms with Crippen molar-refractivity contribution >= 4 is 17.4 Å². The van der Waals surface area contributed by atoms with E-state index in [1.54, 1.807) is 0 Å². The molecular weight excluding hydrogens is 266 g/mol. The van der Waals surface area contributed by atoms with E-state index in [9.17, 15) is 0 Å². The van der Waals surface area contributed by atoms with Crippen molar-refractivity contribution in [1.29, 1.82) is 0 Å². The summed E-state index contributed by atoms with van der Waals surface area (Å²) in [5.74, 6) is 2.00. The lowest BCUT2D eigenvalue weighted by molar-refractivity contribution is 0.318. The fraction of sp³-hybridized carbons (Fsp3) is 0.294. The van der Waals surface area contributed by atoms with Crippen molar-refractivity contribution in [2.24, 2.45) is 0 Å². The van der Waals surface area contributed by atoms with Crippen molar-refractivity contribution in [2.45, 2.75) is 25.2 Å². The van der Waals surface area contributed by atoms with Gasteiger partial charge in [0.25, 0.3) is 0 Å². The monoisotopic (exact) mass is 287 g/mol. The lowest BCUT2D eigenvalue weighted by atomic mass is 10.1. The van der Waals surface area contributed by atoms with E-state index in [4.69, 9.17) is 10.5 Å². The topological polar surface area (TPSA) is 35.2 Å². The second-order valence-corrected chi connectivity index (χ2v) is 6.04. The normalized spacial score (nSPS) is 10.5. The highest BCUT2D eigenvalue weighted by molar-refractivity contribution is 7.99. The summed E-state index contributed by atoms with van der Waals surface area (Å²) in [6.07, 6.45) is 1.02. The lowest BCUT2D eigenvalue weighted by Gasteiger charge is -2.08. The average Bonchev–Trinajstić information content (AvgIpc) is 2.42. The van der Waals surface area contributed by atoms with Crippen molar-refractivity contribution < 1.29 is 4.74 Å². The van der Waals surface area contributed by atoms with E-state index in [1.165, 1.54) is 16.0 Å². The minimum absolute atomic E-state index is 0.748. The number of hydrogen-bond acceptors (Lipinski definition) is 3. The van der Waals surface area contributed by atoms with Gasteiger partial charge in [-0.2, -0.15) is 0 Å². The third-order valence-electron chi connectivity index (χ3n) is 3.16. The standard InChI is InChI=1S/C17H21NOS/c1-13-7-8-16(11-14(13)2)19-9-4-10-20-17-6-3-5-15(18)12-17/h3,5-8,11-12H,4,9-10,18H2,1-2H3. The highest BCUT2D eigenvalue weighted by Crippen LogP contribution is 2.21. The van der Waals surface area contributed by atoms with Gasteiger partial charge in [-0.15, -0.1) is 11.8 Å². The molecule has 20 heavy (non-hydrogen) atoms. The third kappa shape index (κ3) is 4.49. The fourth-order valence-electron chi connectivity index (χ4n) is 1.85. The molecule has 0 radical (unpaired) electrons. The van der Waals surface area contributed by atoms with E-state index in [0.29, 0.717) is 0 Å². The van der Waals surface area contributed by atoms with E-state index in [1.807, 2.05) is 36.0 Å². The molecule has 0 aliphatic rings. The number of rotatable bonds is 6. The van der Waals surface area contributed by atoms with E-state index >= 15 is 0 Å². The molecule has 0 aliphatic carbocycles. The highest BCUT2D eigenvalue weighted by atomic mass is 32.2. The van der Waals surface area contributed by atoms with Gasteiger partial charge < -0.3 is 10.5 Å². The van der Waals surface area contributed by atoms with Crippen LogP contribution in [0.25, 0.3) is 0 Å². The van der Waals surface area contributed by atoms with Gasteiger partial charge in [-0.05, 0) is 61.7 Å². The lowest BCUT2D eigenvalue weighted by Crippen LogP contribution is -1.99. The van der Waals surface area contributed by atoms with Gasteiger partial charge in [0.2, 0.25) is 0 Å². The van der Waals surface area contributed by atoms with Crippen LogP contribution in [0.1, 0.15) is 17.5 Å². The smallest absolute Gasteiger partial charge is 0.119 e. The summed E-state index contributed by atoms with van der Waals surface area (Å²) in [4.78, 5) is 1.22. The van der Waals surface area contributed by atoms with Gasteiger partial charge in [-0.3, -0.25) is 0 Å². The Balaban J connectivity index is 1.70. The van der Waals surface area contributed by atoms with Crippen molar-refractivity contribution in [2.75, 3.05) is 18.1 Å². The van der Waals surface area contributed by atoms with Gasteiger partial charge in [0.15, 0.2) is 0 Å². The number of anilines is 1. The first-order valence-electron chi connectivity index (χ1n) is 6.83. The number of nitrogen functional groups attached to an aromatic ring is 1. The molecular formula is C17H21NOS. The van der Waals surface area contributed by atoms with E-state index in [0.717, 1.165) is 30.2 Å². The molecule has 0 aromatic heterocycles. The summed E-state index contributed by atoms with van der Waals surface area (Å²) in [6, 6.07) is 14.2. The van der Waals surface area contributed by atoms with Gasteiger partial charge in [-0.25, -0.2) is 0 Å². The van der Waals surface area contributed by atoms with Crippen molar-refractivity contribution in [1.82, 2.24) is 0 Å². The number of ether oxygens (including phenoxy) is 1. The van der Waals surface area contributed by atoms with Gasteiger partial charge in [-0.1, -0.05) is 12.1 Å². The van der Waals surface area contributed by atoms with Crippen molar-refractivity contribution in [3.63, 3.8) is 0 Å². The molecule has 0 unspecified atom stereocenters. The average molecular weight is 287 g/mol. The Morgan fingerprint density at radius 3 is 2.65 bits per heavy atom. The molecule has 0 fully saturated rings. The van der Waals surface area contributed by atoms with E-state index in [2.05, 4.69) is 32.0 Å². The third-order valence-corrected chi connectivity index (χ3v) is 4.24. The van der Waals surface area contributed by atoms with Crippen LogP contribution in [0.15, 0.2) is 47.4 Å². The second kappa shape index (κ2) is 7.25. The molecule has 2 aromatic rings. The molecule has 0 atom stereocenters. The molecule has 0 aliphatic heterocycles. The largest absolute Gasteiger partial charge is 0.494 e. The zero-order chi connectivity index (χ0) is 14.4. The first-order valence-corrected chi connectivity index (χ1v) is 7.82. The van der Waals surface area contributed by atoms with Gasteiger partial charge >= 0.3 is 0 Å². The predicted molar refractivity (Wildman–Crippen MR) is 87.6 cm³/mol. The molecule has 0 amide bonds. The Kier molecular flexibility index (Phi) is 5.36. The van der Waals surface area contributed by atoms with Gasteiger partial charge in [0.05, 0.1) is 6.61 Å². The number of aryl methyl sites for hydroxylation is 2. The summed E-state index contributed by atoms with van der Waals surface area (Å²) in [5.41, 5.74) is 9.15. The molecule has 2 N–H and O–H groups in total. The zero-order valence-electron chi connectivity index (χ0n) is 12.1. The quantitative estimate of drug-likeness (QED) is 0.484. The maximum Gasteiger partial charge on any atom is 0.119 e. The van der Waals surface area contributed by atoms with Gasteiger partial charge in [0.1, 0.15) is 5.75 Å².